The zero-order valence-corrected chi connectivity index (χ0v) is 15.7. The van der Waals surface area contributed by atoms with E-state index in [-0.39, 0.29) is 11.5 Å². The van der Waals surface area contributed by atoms with Crippen LogP contribution in [0.25, 0.3) is 0 Å². The Hall–Kier alpha value is -2.02. The number of hydrogen-bond acceptors (Lipinski definition) is 4. The molecule has 0 atom stereocenters. The summed E-state index contributed by atoms with van der Waals surface area (Å²) in [6.07, 6.45) is 8.30. The van der Waals surface area contributed by atoms with Crippen molar-refractivity contribution in [3.05, 3.63) is 39.7 Å². The van der Waals surface area contributed by atoms with E-state index in [9.17, 15) is 19.3 Å². The molecule has 1 N–H and O–H groups in total. The summed E-state index contributed by atoms with van der Waals surface area (Å²) in [7, 11) is 0. The molecule has 0 bridgehead atoms. The molecular weight excluding hydrogens is 349 g/mol. The molecular formula is C20H28FN3O3. The van der Waals surface area contributed by atoms with Gasteiger partial charge in [-0.3, -0.25) is 14.9 Å². The molecule has 148 valence electrons. The topological polar surface area (TPSA) is 75.5 Å². The molecule has 0 saturated carbocycles. The summed E-state index contributed by atoms with van der Waals surface area (Å²) < 4.78 is 13.5. The highest BCUT2D eigenvalue weighted by Crippen LogP contribution is 2.27. The number of carbonyl (C=O) groups excluding carboxylic acids is 1. The number of nitrogens with zero attached hydrogens (tertiary/aromatic N) is 2. The van der Waals surface area contributed by atoms with Crippen LogP contribution in [0.15, 0.2) is 18.2 Å². The Balaban J connectivity index is 1.45. The van der Waals surface area contributed by atoms with Gasteiger partial charge in [-0.1, -0.05) is 19.3 Å². The van der Waals surface area contributed by atoms with Crippen LogP contribution in [0.2, 0.25) is 0 Å². The van der Waals surface area contributed by atoms with E-state index in [4.69, 9.17) is 0 Å². The first-order valence-corrected chi connectivity index (χ1v) is 9.98. The third-order valence-electron chi connectivity index (χ3n) is 5.97. The van der Waals surface area contributed by atoms with Crippen molar-refractivity contribution in [3.8, 4) is 0 Å². The van der Waals surface area contributed by atoms with Crippen LogP contribution >= 0.6 is 0 Å². The van der Waals surface area contributed by atoms with E-state index < -0.39 is 16.4 Å². The van der Waals surface area contributed by atoms with E-state index in [2.05, 4.69) is 5.32 Å². The van der Waals surface area contributed by atoms with Crippen molar-refractivity contribution in [1.29, 1.82) is 0 Å². The molecule has 2 heterocycles. The van der Waals surface area contributed by atoms with E-state index in [1.54, 1.807) is 4.90 Å². The van der Waals surface area contributed by atoms with Crippen molar-refractivity contribution in [1.82, 2.24) is 10.2 Å². The molecule has 0 aliphatic carbocycles. The molecule has 1 amide bonds. The van der Waals surface area contributed by atoms with Gasteiger partial charge in [0, 0.05) is 24.7 Å². The van der Waals surface area contributed by atoms with Crippen molar-refractivity contribution >= 4 is 11.6 Å². The minimum Gasteiger partial charge on any atom is -0.339 e. The number of carbonyl (C=O) groups is 1. The summed E-state index contributed by atoms with van der Waals surface area (Å²) in [5.41, 5.74) is -0.457. The number of hydrogen-bond donors (Lipinski definition) is 1. The van der Waals surface area contributed by atoms with Gasteiger partial charge in [0.05, 0.1) is 4.92 Å². The summed E-state index contributed by atoms with van der Waals surface area (Å²) in [5.74, 6) is 0.357. The Morgan fingerprint density at radius 3 is 2.41 bits per heavy atom. The summed E-state index contributed by atoms with van der Waals surface area (Å²) in [6, 6.07) is 3.37. The number of amides is 1. The molecule has 0 spiro atoms. The van der Waals surface area contributed by atoms with Crippen molar-refractivity contribution in [2.24, 2.45) is 11.8 Å². The summed E-state index contributed by atoms with van der Waals surface area (Å²) >= 11 is 0. The van der Waals surface area contributed by atoms with Gasteiger partial charge in [0.25, 0.3) is 5.91 Å². The van der Waals surface area contributed by atoms with Crippen LogP contribution in [0.5, 0.6) is 0 Å². The standard InChI is InChI=1S/C20H28FN3O3/c21-18-5-4-17(14-19(18)24(26)27)20(25)23-12-8-16(9-13-23)3-1-2-15-6-10-22-11-7-15/h4-5,14-16,22H,1-3,6-13H2. The lowest BCUT2D eigenvalue weighted by molar-refractivity contribution is -0.387. The predicted octanol–water partition coefficient (Wildman–Crippen LogP) is 3.76. The summed E-state index contributed by atoms with van der Waals surface area (Å²) in [6.45, 7) is 3.63. The number of rotatable bonds is 6. The number of halogens is 1. The molecule has 27 heavy (non-hydrogen) atoms. The maximum Gasteiger partial charge on any atom is 0.305 e. The highest BCUT2D eigenvalue weighted by Gasteiger charge is 2.26. The van der Waals surface area contributed by atoms with Gasteiger partial charge in [0.15, 0.2) is 0 Å². The molecule has 2 fully saturated rings. The van der Waals surface area contributed by atoms with E-state index in [1.807, 2.05) is 0 Å². The lowest BCUT2D eigenvalue weighted by Gasteiger charge is -2.32. The highest BCUT2D eigenvalue weighted by atomic mass is 19.1. The average molecular weight is 377 g/mol. The molecule has 1 aromatic carbocycles. The first-order valence-electron chi connectivity index (χ1n) is 9.98. The molecule has 3 rings (SSSR count). The minimum atomic E-state index is -0.913. The lowest BCUT2D eigenvalue weighted by atomic mass is 9.87. The molecule has 7 heteroatoms. The van der Waals surface area contributed by atoms with Gasteiger partial charge in [-0.25, -0.2) is 0 Å². The maximum absolute atomic E-state index is 13.5. The monoisotopic (exact) mass is 377 g/mol. The molecule has 2 saturated heterocycles. The number of piperidine rings is 2. The fourth-order valence-corrected chi connectivity index (χ4v) is 4.26. The van der Waals surface area contributed by atoms with Gasteiger partial charge in [0.1, 0.15) is 0 Å². The number of likely N-dealkylation sites (tertiary alicyclic amines) is 1. The third-order valence-corrected chi connectivity index (χ3v) is 5.97. The van der Waals surface area contributed by atoms with Gasteiger partial charge >= 0.3 is 5.69 Å². The molecule has 6 nitrogen and oxygen atoms in total. The quantitative estimate of drug-likeness (QED) is 0.605. The SMILES string of the molecule is O=C(c1ccc(F)c([N+](=O)[O-])c1)N1CCC(CCCC2CCNCC2)CC1. The fourth-order valence-electron chi connectivity index (χ4n) is 4.26. The Morgan fingerprint density at radius 1 is 1.15 bits per heavy atom. The summed E-state index contributed by atoms with van der Waals surface area (Å²) in [4.78, 5) is 24.4. The van der Waals surface area contributed by atoms with E-state index in [0.29, 0.717) is 19.0 Å². The van der Waals surface area contributed by atoms with Gasteiger partial charge in [-0.2, -0.15) is 4.39 Å². The molecule has 2 aliphatic rings. The second-order valence-corrected chi connectivity index (χ2v) is 7.78. The number of benzene rings is 1. The van der Waals surface area contributed by atoms with Crippen molar-refractivity contribution < 1.29 is 14.1 Å². The van der Waals surface area contributed by atoms with Gasteiger partial charge in [0.2, 0.25) is 5.82 Å². The van der Waals surface area contributed by atoms with Crippen LogP contribution in [0.4, 0.5) is 10.1 Å². The number of nitrogens with one attached hydrogen (secondary N) is 1. The smallest absolute Gasteiger partial charge is 0.305 e. The first kappa shape index (κ1) is 19.7. The zero-order chi connectivity index (χ0) is 19.2. The third kappa shape index (κ3) is 5.25. The van der Waals surface area contributed by atoms with Crippen LogP contribution in [-0.4, -0.2) is 41.9 Å². The van der Waals surface area contributed by atoms with Crippen molar-refractivity contribution in [2.45, 2.75) is 44.9 Å². The molecule has 0 radical (unpaired) electrons. The maximum atomic E-state index is 13.5. The van der Waals surface area contributed by atoms with Crippen LogP contribution in [-0.2, 0) is 0 Å². The summed E-state index contributed by atoms with van der Waals surface area (Å²) in [5, 5.41) is 14.3. The minimum absolute atomic E-state index is 0.187. The van der Waals surface area contributed by atoms with Crippen molar-refractivity contribution in [3.63, 3.8) is 0 Å². The number of nitro benzene ring substituents is 1. The van der Waals surface area contributed by atoms with Gasteiger partial charge in [-0.15, -0.1) is 0 Å². The van der Waals surface area contributed by atoms with Crippen LogP contribution in [0.3, 0.4) is 0 Å². The van der Waals surface area contributed by atoms with Crippen LogP contribution in [0.1, 0.15) is 55.3 Å². The molecule has 0 aromatic heterocycles. The average Bonchev–Trinajstić information content (AvgIpc) is 2.69. The van der Waals surface area contributed by atoms with Crippen LogP contribution < -0.4 is 5.32 Å². The Morgan fingerprint density at radius 2 is 1.78 bits per heavy atom. The normalized spacial score (nSPS) is 19.2. The predicted molar refractivity (Wildman–Crippen MR) is 101 cm³/mol. The second-order valence-electron chi connectivity index (χ2n) is 7.78. The lowest BCUT2D eigenvalue weighted by Crippen LogP contribution is -2.38. The van der Waals surface area contributed by atoms with Crippen LogP contribution in [0, 0.1) is 27.8 Å². The highest BCUT2D eigenvalue weighted by molar-refractivity contribution is 5.94. The van der Waals surface area contributed by atoms with Crippen molar-refractivity contribution in [2.75, 3.05) is 26.2 Å². The van der Waals surface area contributed by atoms with E-state index in [1.165, 1.54) is 38.2 Å². The second kappa shape index (κ2) is 9.26. The Kier molecular flexibility index (Phi) is 6.77. The first-order chi connectivity index (χ1) is 13.0. The van der Waals surface area contributed by atoms with E-state index in [0.717, 1.165) is 44.0 Å². The Bertz CT molecular complexity index is 668. The fraction of sp³-hybridized carbons (Fsp3) is 0.650. The number of nitro groups is 1. The molecule has 1 aromatic rings. The molecule has 2 aliphatic heterocycles. The largest absolute Gasteiger partial charge is 0.339 e. The molecule has 0 unspecified atom stereocenters. The Labute approximate surface area is 159 Å². The van der Waals surface area contributed by atoms with E-state index >= 15 is 0 Å². The van der Waals surface area contributed by atoms with Gasteiger partial charge < -0.3 is 10.2 Å². The van der Waals surface area contributed by atoms with Gasteiger partial charge in [-0.05, 0) is 62.7 Å². The zero-order valence-electron chi connectivity index (χ0n) is 15.7.